The Balaban J connectivity index is 2.23. The third-order valence-electron chi connectivity index (χ3n) is 4.25. The molecule has 1 heterocycles. The number of nitrogens with zero attached hydrogens (tertiary/aromatic N) is 3. The lowest BCUT2D eigenvalue weighted by Crippen LogP contribution is -2.54. The largest absolute Gasteiger partial charge is 0.361 e. The van der Waals surface area contributed by atoms with E-state index in [4.69, 9.17) is 4.52 Å². The first-order valence-corrected chi connectivity index (χ1v) is 6.54. The molecular formula is C14H19N3O2. The molecule has 0 radical (unpaired) electrons. The summed E-state index contributed by atoms with van der Waals surface area (Å²) in [5.41, 5.74) is 0.972. The van der Waals surface area contributed by atoms with Gasteiger partial charge in [0.05, 0.1) is 17.7 Å². The van der Waals surface area contributed by atoms with Crippen LogP contribution >= 0.6 is 0 Å². The number of aryl methyl sites for hydroxylation is 2. The number of rotatable bonds is 3. The SMILES string of the molecule is Cc1noc(C)c1[C@H](C)C(=O)N(C)C1(C#N)CCC1. The van der Waals surface area contributed by atoms with Crippen molar-refractivity contribution in [2.75, 3.05) is 7.05 Å². The topological polar surface area (TPSA) is 70.1 Å². The molecule has 1 atom stereocenters. The summed E-state index contributed by atoms with van der Waals surface area (Å²) in [4.78, 5) is 14.2. The first-order valence-electron chi connectivity index (χ1n) is 6.54. The van der Waals surface area contributed by atoms with Crippen molar-refractivity contribution < 1.29 is 9.32 Å². The number of hydrogen-bond acceptors (Lipinski definition) is 4. The highest BCUT2D eigenvalue weighted by Gasteiger charge is 2.44. The quantitative estimate of drug-likeness (QED) is 0.837. The zero-order chi connectivity index (χ0) is 14.2. The van der Waals surface area contributed by atoms with Gasteiger partial charge in [-0.05, 0) is 40.0 Å². The molecule has 1 aliphatic rings. The second-order valence-corrected chi connectivity index (χ2v) is 5.35. The molecule has 1 amide bonds. The molecule has 1 aromatic heterocycles. The maximum atomic E-state index is 12.5. The van der Waals surface area contributed by atoms with E-state index in [0.717, 1.165) is 30.5 Å². The lowest BCUT2D eigenvalue weighted by Gasteiger charge is -2.43. The van der Waals surface area contributed by atoms with E-state index in [1.165, 1.54) is 0 Å². The zero-order valence-electron chi connectivity index (χ0n) is 11.9. The van der Waals surface area contributed by atoms with Gasteiger partial charge in [-0.3, -0.25) is 4.79 Å². The highest BCUT2D eigenvalue weighted by atomic mass is 16.5. The van der Waals surface area contributed by atoms with Gasteiger partial charge < -0.3 is 9.42 Å². The van der Waals surface area contributed by atoms with Crippen LogP contribution in [0.15, 0.2) is 4.52 Å². The molecule has 0 unspecified atom stereocenters. The molecule has 0 aromatic carbocycles. The van der Waals surface area contributed by atoms with E-state index < -0.39 is 5.54 Å². The first kappa shape index (κ1) is 13.6. The molecule has 1 aliphatic carbocycles. The Morgan fingerprint density at radius 3 is 2.53 bits per heavy atom. The Morgan fingerprint density at radius 1 is 1.53 bits per heavy atom. The van der Waals surface area contributed by atoms with E-state index in [9.17, 15) is 10.1 Å². The van der Waals surface area contributed by atoms with Gasteiger partial charge in [0.15, 0.2) is 0 Å². The summed E-state index contributed by atoms with van der Waals surface area (Å²) >= 11 is 0. The fourth-order valence-corrected chi connectivity index (χ4v) is 2.77. The predicted molar refractivity (Wildman–Crippen MR) is 69.4 cm³/mol. The third kappa shape index (κ3) is 2.01. The Kier molecular flexibility index (Phi) is 3.36. The van der Waals surface area contributed by atoms with Gasteiger partial charge in [-0.1, -0.05) is 5.16 Å². The lowest BCUT2D eigenvalue weighted by molar-refractivity contribution is -0.137. The van der Waals surface area contributed by atoms with Crippen molar-refractivity contribution >= 4 is 5.91 Å². The van der Waals surface area contributed by atoms with Crippen molar-refractivity contribution in [2.45, 2.75) is 51.5 Å². The van der Waals surface area contributed by atoms with Crippen molar-refractivity contribution in [2.24, 2.45) is 0 Å². The molecular weight excluding hydrogens is 242 g/mol. The Labute approximate surface area is 113 Å². The average molecular weight is 261 g/mol. The van der Waals surface area contributed by atoms with E-state index >= 15 is 0 Å². The van der Waals surface area contributed by atoms with Crippen LogP contribution in [-0.4, -0.2) is 28.6 Å². The van der Waals surface area contributed by atoms with Gasteiger partial charge >= 0.3 is 0 Å². The summed E-state index contributed by atoms with van der Waals surface area (Å²) in [6.45, 7) is 5.48. The van der Waals surface area contributed by atoms with Crippen molar-refractivity contribution in [3.8, 4) is 6.07 Å². The van der Waals surface area contributed by atoms with Crippen molar-refractivity contribution in [1.29, 1.82) is 5.26 Å². The molecule has 0 bridgehead atoms. The molecule has 1 fully saturated rings. The molecule has 1 saturated carbocycles. The first-order chi connectivity index (χ1) is 8.93. The van der Waals surface area contributed by atoms with E-state index in [2.05, 4.69) is 11.2 Å². The van der Waals surface area contributed by atoms with Gasteiger partial charge in [-0.2, -0.15) is 5.26 Å². The fourth-order valence-electron chi connectivity index (χ4n) is 2.77. The number of likely N-dealkylation sites (N-methyl/N-ethyl adjacent to an activating group) is 1. The maximum absolute atomic E-state index is 12.5. The summed E-state index contributed by atoms with van der Waals surface area (Å²) in [6.07, 6.45) is 2.53. The molecule has 5 heteroatoms. The van der Waals surface area contributed by atoms with Crippen LogP contribution in [0.4, 0.5) is 0 Å². The second kappa shape index (κ2) is 4.69. The molecule has 5 nitrogen and oxygen atoms in total. The van der Waals surface area contributed by atoms with E-state index in [-0.39, 0.29) is 11.8 Å². The Hall–Kier alpha value is -1.83. The third-order valence-corrected chi connectivity index (χ3v) is 4.25. The van der Waals surface area contributed by atoms with Crippen molar-refractivity contribution in [1.82, 2.24) is 10.1 Å². The standard InChI is InChI=1S/C14H19N3O2/c1-9(12-10(2)16-19-11(12)3)13(18)17(4)14(8-15)6-5-7-14/h9H,5-7H2,1-4H3/t9-/m0/s1. The number of hydrogen-bond donors (Lipinski definition) is 0. The molecule has 0 N–H and O–H groups in total. The summed E-state index contributed by atoms with van der Waals surface area (Å²) in [5, 5.41) is 13.2. The molecule has 0 spiro atoms. The number of amides is 1. The summed E-state index contributed by atoms with van der Waals surface area (Å²) in [7, 11) is 1.72. The second-order valence-electron chi connectivity index (χ2n) is 5.35. The number of nitriles is 1. The smallest absolute Gasteiger partial charge is 0.231 e. The summed E-state index contributed by atoms with van der Waals surface area (Å²) in [6, 6.07) is 2.29. The van der Waals surface area contributed by atoms with Crippen LogP contribution in [0, 0.1) is 25.2 Å². The maximum Gasteiger partial charge on any atom is 0.231 e. The highest BCUT2D eigenvalue weighted by Crippen LogP contribution is 2.38. The van der Waals surface area contributed by atoms with Crippen molar-refractivity contribution in [3.63, 3.8) is 0 Å². The molecule has 0 saturated heterocycles. The highest BCUT2D eigenvalue weighted by molar-refractivity contribution is 5.84. The number of carbonyl (C=O) groups excluding carboxylic acids is 1. The van der Waals surface area contributed by atoms with Gasteiger partial charge in [0.25, 0.3) is 0 Å². The zero-order valence-corrected chi connectivity index (χ0v) is 11.9. The van der Waals surface area contributed by atoms with Gasteiger partial charge in [0, 0.05) is 12.6 Å². The van der Waals surface area contributed by atoms with Crippen LogP contribution in [0.3, 0.4) is 0 Å². The minimum atomic E-state index is -0.607. The van der Waals surface area contributed by atoms with E-state index in [0.29, 0.717) is 5.76 Å². The summed E-state index contributed by atoms with van der Waals surface area (Å²) in [5.74, 6) is 0.295. The monoisotopic (exact) mass is 261 g/mol. The van der Waals surface area contributed by atoms with Gasteiger partial charge in [-0.15, -0.1) is 0 Å². The van der Waals surface area contributed by atoms with Crippen LogP contribution < -0.4 is 0 Å². The normalized spacial score (nSPS) is 18.3. The number of aromatic nitrogens is 1. The average Bonchev–Trinajstić information content (AvgIpc) is 2.66. The van der Waals surface area contributed by atoms with Crippen LogP contribution in [0.2, 0.25) is 0 Å². The minimum absolute atomic E-state index is 0.0457. The van der Waals surface area contributed by atoms with Gasteiger partial charge in [-0.25, -0.2) is 0 Å². The predicted octanol–water partition coefficient (Wildman–Crippen LogP) is 2.30. The fraction of sp³-hybridized carbons (Fsp3) is 0.643. The molecule has 19 heavy (non-hydrogen) atoms. The number of carbonyl (C=O) groups is 1. The van der Waals surface area contributed by atoms with Gasteiger partial charge in [0.1, 0.15) is 11.3 Å². The van der Waals surface area contributed by atoms with Crippen LogP contribution in [0.5, 0.6) is 0 Å². The van der Waals surface area contributed by atoms with Crippen LogP contribution in [0.1, 0.15) is 49.1 Å². The summed E-state index contributed by atoms with van der Waals surface area (Å²) < 4.78 is 5.11. The Bertz CT molecular complexity index is 518. The van der Waals surface area contributed by atoms with Gasteiger partial charge in [0.2, 0.25) is 5.91 Å². The molecule has 1 aromatic rings. The van der Waals surface area contributed by atoms with Crippen LogP contribution in [0.25, 0.3) is 0 Å². The Morgan fingerprint density at radius 2 is 2.16 bits per heavy atom. The lowest BCUT2D eigenvalue weighted by atomic mass is 9.76. The van der Waals surface area contributed by atoms with E-state index in [1.54, 1.807) is 11.9 Å². The molecule has 0 aliphatic heterocycles. The molecule has 102 valence electrons. The molecule has 2 rings (SSSR count). The van der Waals surface area contributed by atoms with E-state index in [1.807, 2.05) is 20.8 Å². The van der Waals surface area contributed by atoms with Crippen LogP contribution in [-0.2, 0) is 4.79 Å². The minimum Gasteiger partial charge on any atom is -0.361 e. The van der Waals surface area contributed by atoms with Crippen molar-refractivity contribution in [3.05, 3.63) is 17.0 Å².